The van der Waals surface area contributed by atoms with Crippen molar-refractivity contribution >= 4 is 32.9 Å². The number of hydrogen-bond donors (Lipinski definition) is 2. The maximum Gasteiger partial charge on any atom is 0.251 e. The van der Waals surface area contributed by atoms with E-state index in [1.165, 1.54) is 0 Å². The summed E-state index contributed by atoms with van der Waals surface area (Å²) in [6.07, 6.45) is 0. The smallest absolute Gasteiger partial charge is 0.251 e. The molecule has 0 saturated carbocycles. The lowest BCUT2D eigenvalue weighted by molar-refractivity contribution is 0.0963. The molecule has 100 valence electrons. The van der Waals surface area contributed by atoms with Gasteiger partial charge in [-0.05, 0) is 30.3 Å². The topological polar surface area (TPSA) is 57.8 Å². The molecule has 0 bridgehead atoms. The number of nitrogens with zero attached hydrogens (tertiary/aromatic N) is 1. The van der Waals surface area contributed by atoms with Crippen LogP contribution >= 0.6 is 15.9 Å². The Labute approximate surface area is 124 Å². The number of rotatable bonds is 2. The Morgan fingerprint density at radius 2 is 1.95 bits per heavy atom. The first-order chi connectivity index (χ1) is 9.67. The molecule has 0 fully saturated rings. The molecule has 0 spiro atoms. The number of halogens is 1. The predicted octanol–water partition coefficient (Wildman–Crippen LogP) is 3.35. The quantitative estimate of drug-likeness (QED) is 0.757. The van der Waals surface area contributed by atoms with Gasteiger partial charge in [-0.3, -0.25) is 4.79 Å². The standard InChI is InChI=1S/C15H12BrN3O/c1-17-15(20)10-4-7-12-13(8-10)19-14(18-12)9-2-5-11(16)6-3-9/h2-8H,1H3,(H,17,20)(H,18,19). The fourth-order valence-electron chi connectivity index (χ4n) is 2.04. The minimum absolute atomic E-state index is 0.105. The molecule has 5 heteroatoms. The number of benzene rings is 2. The molecule has 0 saturated heterocycles. The highest BCUT2D eigenvalue weighted by atomic mass is 79.9. The van der Waals surface area contributed by atoms with Crippen LogP contribution in [0.1, 0.15) is 10.4 Å². The van der Waals surface area contributed by atoms with Gasteiger partial charge in [0.2, 0.25) is 0 Å². The third-order valence-electron chi connectivity index (χ3n) is 3.09. The SMILES string of the molecule is CNC(=O)c1ccc2nc(-c3ccc(Br)cc3)[nH]c2c1. The molecule has 0 aliphatic heterocycles. The van der Waals surface area contributed by atoms with E-state index in [2.05, 4.69) is 31.2 Å². The number of carbonyl (C=O) groups is 1. The van der Waals surface area contributed by atoms with Crippen LogP contribution in [-0.2, 0) is 0 Å². The van der Waals surface area contributed by atoms with Crippen molar-refractivity contribution < 1.29 is 4.79 Å². The summed E-state index contributed by atoms with van der Waals surface area (Å²) in [6.45, 7) is 0. The van der Waals surface area contributed by atoms with Crippen LogP contribution < -0.4 is 5.32 Å². The zero-order valence-corrected chi connectivity index (χ0v) is 12.4. The Kier molecular flexibility index (Phi) is 3.28. The van der Waals surface area contributed by atoms with Gasteiger partial charge in [0.05, 0.1) is 11.0 Å². The van der Waals surface area contributed by atoms with Crippen molar-refractivity contribution in [3.63, 3.8) is 0 Å². The number of aromatic amines is 1. The van der Waals surface area contributed by atoms with E-state index in [0.717, 1.165) is 26.9 Å². The van der Waals surface area contributed by atoms with Gasteiger partial charge in [0.1, 0.15) is 5.82 Å². The summed E-state index contributed by atoms with van der Waals surface area (Å²) in [4.78, 5) is 19.4. The van der Waals surface area contributed by atoms with E-state index in [1.54, 1.807) is 13.1 Å². The molecule has 3 aromatic rings. The highest BCUT2D eigenvalue weighted by Gasteiger charge is 2.08. The van der Waals surface area contributed by atoms with Crippen LogP contribution in [0, 0.1) is 0 Å². The van der Waals surface area contributed by atoms with E-state index in [1.807, 2.05) is 36.4 Å². The largest absolute Gasteiger partial charge is 0.355 e. The Hall–Kier alpha value is -2.14. The van der Waals surface area contributed by atoms with Gasteiger partial charge in [-0.15, -0.1) is 0 Å². The summed E-state index contributed by atoms with van der Waals surface area (Å²) in [5, 5.41) is 2.61. The number of hydrogen-bond acceptors (Lipinski definition) is 2. The molecule has 0 aliphatic rings. The molecular weight excluding hydrogens is 318 g/mol. The van der Waals surface area contributed by atoms with Crippen molar-refractivity contribution in [2.75, 3.05) is 7.05 Å². The number of carbonyl (C=O) groups excluding carboxylic acids is 1. The van der Waals surface area contributed by atoms with Crippen molar-refractivity contribution in [1.82, 2.24) is 15.3 Å². The van der Waals surface area contributed by atoms with Gasteiger partial charge in [-0.25, -0.2) is 4.98 Å². The first kappa shape index (κ1) is 12.9. The van der Waals surface area contributed by atoms with Gasteiger partial charge in [0.25, 0.3) is 5.91 Å². The Bertz CT molecular complexity index is 777. The lowest BCUT2D eigenvalue weighted by atomic mass is 10.2. The molecule has 0 radical (unpaired) electrons. The summed E-state index contributed by atoms with van der Waals surface area (Å²) >= 11 is 3.41. The minimum atomic E-state index is -0.105. The van der Waals surface area contributed by atoms with Gasteiger partial charge >= 0.3 is 0 Å². The Morgan fingerprint density at radius 1 is 1.20 bits per heavy atom. The van der Waals surface area contributed by atoms with Gasteiger partial charge in [-0.2, -0.15) is 0 Å². The average molecular weight is 330 g/mol. The second kappa shape index (κ2) is 5.09. The van der Waals surface area contributed by atoms with Gasteiger partial charge in [0, 0.05) is 22.6 Å². The molecule has 1 aromatic heterocycles. The number of fused-ring (bicyclic) bond motifs is 1. The van der Waals surface area contributed by atoms with E-state index in [9.17, 15) is 4.79 Å². The predicted molar refractivity (Wildman–Crippen MR) is 82.6 cm³/mol. The molecule has 1 heterocycles. The van der Waals surface area contributed by atoms with Crippen LogP contribution in [0.4, 0.5) is 0 Å². The molecule has 0 aliphatic carbocycles. The van der Waals surface area contributed by atoms with E-state index < -0.39 is 0 Å². The van der Waals surface area contributed by atoms with Crippen LogP contribution in [0.2, 0.25) is 0 Å². The zero-order valence-electron chi connectivity index (χ0n) is 10.8. The Balaban J connectivity index is 2.06. The molecule has 4 nitrogen and oxygen atoms in total. The van der Waals surface area contributed by atoms with E-state index >= 15 is 0 Å². The van der Waals surface area contributed by atoms with Gasteiger partial charge < -0.3 is 10.3 Å². The van der Waals surface area contributed by atoms with Gasteiger partial charge in [-0.1, -0.05) is 28.1 Å². The fourth-order valence-corrected chi connectivity index (χ4v) is 2.30. The number of imidazole rings is 1. The van der Waals surface area contributed by atoms with Crippen molar-refractivity contribution in [3.05, 3.63) is 52.5 Å². The van der Waals surface area contributed by atoms with Crippen LogP contribution in [-0.4, -0.2) is 22.9 Å². The van der Waals surface area contributed by atoms with Crippen LogP contribution in [0.15, 0.2) is 46.9 Å². The normalized spacial score (nSPS) is 10.7. The highest BCUT2D eigenvalue weighted by molar-refractivity contribution is 9.10. The van der Waals surface area contributed by atoms with Gasteiger partial charge in [0.15, 0.2) is 0 Å². The zero-order chi connectivity index (χ0) is 14.1. The lowest BCUT2D eigenvalue weighted by Gasteiger charge is -1.98. The summed E-state index contributed by atoms with van der Waals surface area (Å²) in [7, 11) is 1.62. The second-order valence-corrected chi connectivity index (χ2v) is 5.32. The lowest BCUT2D eigenvalue weighted by Crippen LogP contribution is -2.17. The first-order valence-corrected chi connectivity index (χ1v) is 6.94. The van der Waals surface area contributed by atoms with Crippen LogP contribution in [0.25, 0.3) is 22.4 Å². The first-order valence-electron chi connectivity index (χ1n) is 6.15. The molecular formula is C15H12BrN3O. The molecule has 2 aromatic carbocycles. The summed E-state index contributed by atoms with van der Waals surface area (Å²) < 4.78 is 1.03. The molecule has 2 N–H and O–H groups in total. The molecule has 1 amide bonds. The third-order valence-corrected chi connectivity index (χ3v) is 3.62. The number of aromatic nitrogens is 2. The van der Waals surface area contributed by atoms with Crippen LogP contribution in [0.5, 0.6) is 0 Å². The Morgan fingerprint density at radius 3 is 2.65 bits per heavy atom. The van der Waals surface area contributed by atoms with E-state index in [4.69, 9.17) is 0 Å². The van der Waals surface area contributed by atoms with Crippen molar-refractivity contribution in [1.29, 1.82) is 0 Å². The fraction of sp³-hybridized carbons (Fsp3) is 0.0667. The van der Waals surface area contributed by atoms with Crippen molar-refractivity contribution in [2.45, 2.75) is 0 Å². The number of H-pyrrole nitrogens is 1. The summed E-state index contributed by atoms with van der Waals surface area (Å²) in [5.74, 6) is 0.688. The molecule has 20 heavy (non-hydrogen) atoms. The molecule has 0 atom stereocenters. The highest BCUT2D eigenvalue weighted by Crippen LogP contribution is 2.22. The van der Waals surface area contributed by atoms with E-state index in [-0.39, 0.29) is 5.91 Å². The average Bonchev–Trinajstić information content (AvgIpc) is 2.90. The summed E-state index contributed by atoms with van der Waals surface area (Å²) in [5.41, 5.74) is 3.32. The summed E-state index contributed by atoms with van der Waals surface area (Å²) in [6, 6.07) is 13.3. The minimum Gasteiger partial charge on any atom is -0.355 e. The molecule has 0 unspecified atom stereocenters. The number of nitrogens with one attached hydrogen (secondary N) is 2. The van der Waals surface area contributed by atoms with Crippen LogP contribution in [0.3, 0.4) is 0 Å². The van der Waals surface area contributed by atoms with E-state index in [0.29, 0.717) is 5.56 Å². The third kappa shape index (κ3) is 2.32. The monoisotopic (exact) mass is 329 g/mol. The maximum atomic E-state index is 11.6. The maximum absolute atomic E-state index is 11.6. The number of amides is 1. The molecule has 3 rings (SSSR count). The second-order valence-electron chi connectivity index (χ2n) is 4.40. The van der Waals surface area contributed by atoms with Crippen molar-refractivity contribution in [3.8, 4) is 11.4 Å². The van der Waals surface area contributed by atoms with Crippen molar-refractivity contribution in [2.24, 2.45) is 0 Å².